The van der Waals surface area contributed by atoms with Crippen molar-refractivity contribution < 1.29 is 13.9 Å². The van der Waals surface area contributed by atoms with Gasteiger partial charge in [-0.15, -0.1) is 0 Å². The maximum atomic E-state index is 14.1. The van der Waals surface area contributed by atoms with Crippen LogP contribution in [0.1, 0.15) is 32.8 Å². The summed E-state index contributed by atoms with van der Waals surface area (Å²) in [5.74, 6) is -0.476. The van der Waals surface area contributed by atoms with Crippen molar-refractivity contribution in [3.05, 3.63) is 23.6 Å². The van der Waals surface area contributed by atoms with Gasteiger partial charge in [-0.25, -0.2) is 14.2 Å². The van der Waals surface area contributed by atoms with E-state index in [-0.39, 0.29) is 17.4 Å². The average molecular weight is 306 g/mol. The minimum atomic E-state index is -0.622. The van der Waals surface area contributed by atoms with E-state index < -0.39 is 17.5 Å². The molecule has 1 fully saturated rings. The molecule has 7 heteroatoms. The van der Waals surface area contributed by atoms with Crippen LogP contribution in [0.2, 0.25) is 0 Å². The van der Waals surface area contributed by atoms with Crippen molar-refractivity contribution in [1.82, 2.24) is 10.3 Å². The second-order valence-corrected chi connectivity index (χ2v) is 6.19. The van der Waals surface area contributed by atoms with Crippen molar-refractivity contribution in [2.24, 2.45) is 0 Å². The van der Waals surface area contributed by atoms with Crippen LogP contribution < -0.4 is 10.2 Å². The first-order valence-corrected chi connectivity index (χ1v) is 7.09. The third-order valence-corrected chi connectivity index (χ3v) is 3.20. The number of carbonyl (C=O) groups is 1. The van der Waals surface area contributed by atoms with E-state index in [1.807, 2.05) is 0 Å². The van der Waals surface area contributed by atoms with Crippen LogP contribution in [0.25, 0.3) is 0 Å². The molecule has 1 atom stereocenters. The van der Waals surface area contributed by atoms with Crippen molar-refractivity contribution in [2.75, 3.05) is 18.0 Å². The van der Waals surface area contributed by atoms with Crippen LogP contribution in [-0.2, 0) is 4.74 Å². The molecule has 1 saturated heterocycles. The number of nitrogens with one attached hydrogen (secondary N) is 1. The van der Waals surface area contributed by atoms with Crippen LogP contribution in [0.15, 0.2) is 12.3 Å². The molecule has 0 saturated carbocycles. The number of halogens is 1. The lowest BCUT2D eigenvalue weighted by atomic mass is 10.2. The summed E-state index contributed by atoms with van der Waals surface area (Å²) in [7, 11) is 0. The number of nitrogens with zero attached hydrogens (tertiary/aromatic N) is 3. The molecule has 2 heterocycles. The molecule has 0 aromatic carbocycles. The zero-order chi connectivity index (χ0) is 16.3. The number of anilines is 1. The van der Waals surface area contributed by atoms with Gasteiger partial charge >= 0.3 is 6.09 Å². The van der Waals surface area contributed by atoms with Gasteiger partial charge in [0.05, 0.1) is 11.6 Å². The van der Waals surface area contributed by atoms with Crippen molar-refractivity contribution >= 4 is 11.9 Å². The minimum Gasteiger partial charge on any atom is -0.444 e. The number of carbonyl (C=O) groups excluding carboxylic acids is 1. The number of rotatable bonds is 2. The van der Waals surface area contributed by atoms with Gasteiger partial charge in [0.2, 0.25) is 0 Å². The second-order valence-electron chi connectivity index (χ2n) is 6.19. The van der Waals surface area contributed by atoms with E-state index in [1.54, 1.807) is 31.7 Å². The number of amides is 1. The summed E-state index contributed by atoms with van der Waals surface area (Å²) in [6.07, 6.45) is 1.58. The molecule has 1 aliphatic heterocycles. The van der Waals surface area contributed by atoms with Crippen molar-refractivity contribution in [1.29, 1.82) is 5.26 Å². The number of ether oxygens (including phenoxy) is 1. The largest absolute Gasteiger partial charge is 0.444 e. The lowest BCUT2D eigenvalue weighted by Crippen LogP contribution is -2.40. The highest BCUT2D eigenvalue weighted by molar-refractivity contribution is 5.68. The number of alkyl carbamates (subject to hydrolysis) is 1. The number of nitriles is 1. The molecule has 6 nitrogen and oxygen atoms in total. The Morgan fingerprint density at radius 3 is 2.95 bits per heavy atom. The Morgan fingerprint density at radius 2 is 2.32 bits per heavy atom. The summed E-state index contributed by atoms with van der Waals surface area (Å²) < 4.78 is 19.3. The smallest absolute Gasteiger partial charge is 0.407 e. The van der Waals surface area contributed by atoms with E-state index in [2.05, 4.69) is 10.3 Å². The Morgan fingerprint density at radius 1 is 1.59 bits per heavy atom. The molecule has 118 valence electrons. The van der Waals surface area contributed by atoms with Gasteiger partial charge in [-0.05, 0) is 33.3 Å². The molecule has 22 heavy (non-hydrogen) atoms. The molecular weight excluding hydrogens is 287 g/mol. The van der Waals surface area contributed by atoms with Crippen LogP contribution in [0, 0.1) is 17.1 Å². The summed E-state index contributed by atoms with van der Waals surface area (Å²) in [4.78, 5) is 17.5. The number of aromatic nitrogens is 1. The molecular formula is C15H19FN4O2. The van der Waals surface area contributed by atoms with Gasteiger partial charge in [-0.2, -0.15) is 5.26 Å². The first kappa shape index (κ1) is 16.0. The van der Waals surface area contributed by atoms with Crippen molar-refractivity contribution in [2.45, 2.75) is 38.8 Å². The molecule has 1 amide bonds. The first-order valence-electron chi connectivity index (χ1n) is 7.09. The van der Waals surface area contributed by atoms with Gasteiger partial charge < -0.3 is 15.0 Å². The van der Waals surface area contributed by atoms with Gasteiger partial charge in [-0.1, -0.05) is 0 Å². The highest BCUT2D eigenvalue weighted by Crippen LogP contribution is 2.23. The third-order valence-electron chi connectivity index (χ3n) is 3.20. The van der Waals surface area contributed by atoms with Gasteiger partial charge in [0.25, 0.3) is 0 Å². The molecule has 1 aromatic heterocycles. The standard InChI is InChI=1S/C15H19FN4O2/c1-15(2,3)22-14(21)19-11-5-7-20(9-11)13-12(16)10(8-17)4-6-18-13/h4,6,11H,5,7,9H2,1-3H3,(H,19,21). The summed E-state index contributed by atoms with van der Waals surface area (Å²) in [6.45, 7) is 6.36. The second kappa shape index (κ2) is 6.18. The Balaban J connectivity index is 1.99. The Bertz CT molecular complexity index is 607. The van der Waals surface area contributed by atoms with E-state index in [1.165, 1.54) is 12.3 Å². The van der Waals surface area contributed by atoms with Crippen LogP contribution in [0.4, 0.5) is 15.0 Å². The topological polar surface area (TPSA) is 78.2 Å². The molecule has 0 aliphatic carbocycles. The quantitative estimate of drug-likeness (QED) is 0.906. The van der Waals surface area contributed by atoms with Gasteiger partial charge in [0.1, 0.15) is 11.7 Å². The fourth-order valence-electron chi connectivity index (χ4n) is 2.28. The van der Waals surface area contributed by atoms with Crippen LogP contribution in [-0.4, -0.2) is 35.8 Å². The minimum absolute atomic E-state index is 0.0337. The van der Waals surface area contributed by atoms with Crippen molar-refractivity contribution in [3.63, 3.8) is 0 Å². The molecule has 2 rings (SSSR count). The molecule has 0 spiro atoms. The fraction of sp³-hybridized carbons (Fsp3) is 0.533. The predicted octanol–water partition coefficient (Wildman–Crippen LogP) is 2.20. The maximum Gasteiger partial charge on any atom is 0.407 e. The number of hydrogen-bond donors (Lipinski definition) is 1. The van der Waals surface area contributed by atoms with Gasteiger partial charge in [-0.3, -0.25) is 0 Å². The Hall–Kier alpha value is -2.36. The molecule has 1 unspecified atom stereocenters. The van der Waals surface area contributed by atoms with Crippen LogP contribution in [0.5, 0.6) is 0 Å². The number of pyridine rings is 1. The normalized spacial score (nSPS) is 18.0. The highest BCUT2D eigenvalue weighted by atomic mass is 19.1. The molecule has 1 aromatic rings. The Kier molecular flexibility index (Phi) is 4.50. The Labute approximate surface area is 128 Å². The van der Waals surface area contributed by atoms with E-state index >= 15 is 0 Å². The highest BCUT2D eigenvalue weighted by Gasteiger charge is 2.28. The zero-order valence-electron chi connectivity index (χ0n) is 12.9. The molecule has 1 N–H and O–H groups in total. The van der Waals surface area contributed by atoms with E-state index in [0.717, 1.165) is 0 Å². The molecule has 0 radical (unpaired) electrons. The lowest BCUT2D eigenvalue weighted by Gasteiger charge is -2.22. The third kappa shape index (κ3) is 3.85. The van der Waals surface area contributed by atoms with E-state index in [4.69, 9.17) is 10.00 Å². The van der Waals surface area contributed by atoms with Gasteiger partial charge in [0, 0.05) is 19.3 Å². The summed E-state index contributed by atoms with van der Waals surface area (Å²) >= 11 is 0. The van der Waals surface area contributed by atoms with E-state index in [9.17, 15) is 9.18 Å². The van der Waals surface area contributed by atoms with E-state index in [0.29, 0.717) is 19.5 Å². The predicted molar refractivity (Wildman–Crippen MR) is 78.9 cm³/mol. The average Bonchev–Trinajstić information content (AvgIpc) is 2.85. The summed E-state index contributed by atoms with van der Waals surface area (Å²) in [5.41, 5.74) is -0.592. The summed E-state index contributed by atoms with van der Waals surface area (Å²) in [6, 6.07) is 3.00. The van der Waals surface area contributed by atoms with Crippen molar-refractivity contribution in [3.8, 4) is 6.07 Å². The zero-order valence-corrected chi connectivity index (χ0v) is 12.9. The molecule has 0 bridgehead atoms. The fourth-order valence-corrected chi connectivity index (χ4v) is 2.28. The van der Waals surface area contributed by atoms with Crippen LogP contribution >= 0.6 is 0 Å². The SMILES string of the molecule is CC(C)(C)OC(=O)NC1CCN(c2nccc(C#N)c2F)C1. The van der Waals surface area contributed by atoms with Gasteiger partial charge in [0.15, 0.2) is 11.6 Å². The lowest BCUT2D eigenvalue weighted by molar-refractivity contribution is 0.0509. The van der Waals surface area contributed by atoms with Crippen LogP contribution in [0.3, 0.4) is 0 Å². The number of hydrogen-bond acceptors (Lipinski definition) is 5. The summed E-state index contributed by atoms with van der Waals surface area (Å²) in [5, 5.41) is 11.6. The molecule has 1 aliphatic rings. The monoisotopic (exact) mass is 306 g/mol. The maximum absolute atomic E-state index is 14.1. The first-order chi connectivity index (χ1) is 10.3.